The van der Waals surface area contributed by atoms with Gasteiger partial charge < -0.3 is 10.5 Å². The van der Waals surface area contributed by atoms with Gasteiger partial charge in [0.2, 0.25) is 0 Å². The van der Waals surface area contributed by atoms with E-state index in [0.717, 1.165) is 9.13 Å². The summed E-state index contributed by atoms with van der Waals surface area (Å²) in [5.74, 6) is -0.292. The van der Waals surface area contributed by atoms with E-state index in [-0.39, 0.29) is 24.4 Å². The number of esters is 1. The Kier molecular flexibility index (Phi) is 6.43. The predicted molar refractivity (Wildman–Crippen MR) is 79.1 cm³/mol. The van der Waals surface area contributed by atoms with Gasteiger partial charge in [-0.15, -0.1) is 12.4 Å². The third-order valence-electron chi connectivity index (χ3n) is 2.73. The van der Waals surface area contributed by atoms with E-state index in [0.29, 0.717) is 0 Å². The molecule has 1 rings (SSSR count). The van der Waals surface area contributed by atoms with Crippen LogP contribution in [0.1, 0.15) is 25.5 Å². The second kappa shape index (κ2) is 6.56. The van der Waals surface area contributed by atoms with Crippen LogP contribution in [-0.2, 0) is 9.53 Å². The van der Waals surface area contributed by atoms with E-state index in [1.807, 2.05) is 24.3 Å². The largest absolute Gasteiger partial charge is 0.469 e. The van der Waals surface area contributed by atoms with Gasteiger partial charge in [0.1, 0.15) is 0 Å². The highest BCUT2D eigenvalue weighted by molar-refractivity contribution is 14.1. The first kappa shape index (κ1) is 16.7. The van der Waals surface area contributed by atoms with Crippen LogP contribution in [0.25, 0.3) is 0 Å². The average molecular weight is 370 g/mol. The maximum Gasteiger partial charge on any atom is 0.313 e. The number of hydrogen-bond acceptors (Lipinski definition) is 3. The minimum atomic E-state index is -0.726. The molecule has 96 valence electrons. The van der Waals surface area contributed by atoms with Crippen LogP contribution in [0.4, 0.5) is 0 Å². The normalized spacial score (nSPS) is 12.5. The summed E-state index contributed by atoms with van der Waals surface area (Å²) in [6, 6.07) is 7.42. The van der Waals surface area contributed by atoms with Gasteiger partial charge in [0, 0.05) is 9.61 Å². The smallest absolute Gasteiger partial charge is 0.313 e. The Morgan fingerprint density at radius 3 is 2.41 bits per heavy atom. The lowest BCUT2D eigenvalue weighted by atomic mass is 9.81. The molecule has 0 saturated carbocycles. The van der Waals surface area contributed by atoms with Gasteiger partial charge in [-0.05, 0) is 48.1 Å². The summed E-state index contributed by atoms with van der Waals surface area (Å²) in [7, 11) is 1.38. The lowest BCUT2D eigenvalue weighted by Gasteiger charge is -2.29. The van der Waals surface area contributed by atoms with Crippen molar-refractivity contribution in [3.8, 4) is 0 Å². The van der Waals surface area contributed by atoms with E-state index >= 15 is 0 Å². The summed E-state index contributed by atoms with van der Waals surface area (Å²) in [5, 5.41) is 0. The zero-order valence-corrected chi connectivity index (χ0v) is 13.0. The summed E-state index contributed by atoms with van der Waals surface area (Å²) in [6.07, 6.45) is 0. The van der Waals surface area contributed by atoms with Crippen LogP contribution in [0, 0.1) is 8.99 Å². The Labute approximate surface area is 122 Å². The Hall–Kier alpha value is -0.330. The number of methoxy groups -OCH3 is 1. The van der Waals surface area contributed by atoms with Gasteiger partial charge in [0.25, 0.3) is 0 Å². The molecule has 0 amide bonds. The Bertz CT molecular complexity index is 396. The number of ether oxygens (including phenoxy) is 1. The molecule has 0 aliphatic rings. The quantitative estimate of drug-likeness (QED) is 0.658. The Balaban J connectivity index is 0.00000256. The first-order valence-corrected chi connectivity index (χ1v) is 6.07. The zero-order chi connectivity index (χ0) is 12.3. The van der Waals surface area contributed by atoms with E-state index in [4.69, 9.17) is 10.5 Å². The lowest BCUT2D eigenvalue weighted by Crippen LogP contribution is -2.37. The van der Waals surface area contributed by atoms with Gasteiger partial charge in [-0.3, -0.25) is 4.79 Å². The number of carbonyl (C=O) groups is 1. The Morgan fingerprint density at radius 1 is 1.41 bits per heavy atom. The molecule has 0 unspecified atom stereocenters. The standard InChI is InChI=1S/C12H16INO2.ClH/c1-12(2,11(15)16-3)10(14)8-6-4-5-7-9(8)13;/h4-7,10H,14H2,1-3H3;1H/t10-;/m1./s1. The van der Waals surface area contributed by atoms with Gasteiger partial charge in [-0.2, -0.15) is 0 Å². The predicted octanol–water partition coefficient (Wildman–Crippen LogP) is 2.91. The van der Waals surface area contributed by atoms with Crippen molar-refractivity contribution in [1.29, 1.82) is 0 Å². The highest BCUT2D eigenvalue weighted by Gasteiger charge is 2.37. The van der Waals surface area contributed by atoms with Crippen molar-refractivity contribution in [2.75, 3.05) is 7.11 Å². The fourth-order valence-corrected chi connectivity index (χ4v) is 2.23. The Morgan fingerprint density at radius 2 is 1.94 bits per heavy atom. The van der Waals surface area contributed by atoms with Crippen LogP contribution in [0.2, 0.25) is 0 Å². The van der Waals surface area contributed by atoms with Crippen molar-refractivity contribution in [2.24, 2.45) is 11.1 Å². The van der Waals surface area contributed by atoms with Gasteiger partial charge in [-0.25, -0.2) is 0 Å². The molecule has 17 heavy (non-hydrogen) atoms. The van der Waals surface area contributed by atoms with E-state index in [9.17, 15) is 4.79 Å². The maximum atomic E-state index is 11.7. The van der Waals surface area contributed by atoms with Crippen molar-refractivity contribution in [2.45, 2.75) is 19.9 Å². The summed E-state index contributed by atoms with van der Waals surface area (Å²) in [5.41, 5.74) is 6.39. The third-order valence-corrected chi connectivity index (χ3v) is 3.71. The molecule has 0 aromatic heterocycles. The van der Waals surface area contributed by atoms with E-state index < -0.39 is 5.41 Å². The zero-order valence-electron chi connectivity index (χ0n) is 10.1. The lowest BCUT2D eigenvalue weighted by molar-refractivity contribution is -0.152. The molecule has 5 heteroatoms. The van der Waals surface area contributed by atoms with E-state index in [1.54, 1.807) is 13.8 Å². The molecule has 1 aromatic carbocycles. The topological polar surface area (TPSA) is 52.3 Å². The van der Waals surface area contributed by atoms with Crippen molar-refractivity contribution >= 4 is 41.0 Å². The third kappa shape index (κ3) is 3.56. The fraction of sp³-hybridized carbons (Fsp3) is 0.417. The van der Waals surface area contributed by atoms with E-state index in [2.05, 4.69) is 22.6 Å². The highest BCUT2D eigenvalue weighted by atomic mass is 127. The molecule has 0 aliphatic carbocycles. The number of hydrogen-bond donors (Lipinski definition) is 1. The number of rotatable bonds is 3. The van der Waals surface area contributed by atoms with Crippen LogP contribution < -0.4 is 5.73 Å². The van der Waals surface area contributed by atoms with Crippen molar-refractivity contribution in [3.63, 3.8) is 0 Å². The van der Waals surface area contributed by atoms with Crippen LogP contribution in [-0.4, -0.2) is 13.1 Å². The van der Waals surface area contributed by atoms with Crippen molar-refractivity contribution in [1.82, 2.24) is 0 Å². The van der Waals surface area contributed by atoms with Gasteiger partial charge in [-0.1, -0.05) is 18.2 Å². The molecule has 0 aliphatic heterocycles. The molecule has 2 N–H and O–H groups in total. The first-order chi connectivity index (χ1) is 7.41. The highest BCUT2D eigenvalue weighted by Crippen LogP contribution is 2.34. The van der Waals surface area contributed by atoms with Gasteiger partial charge in [0.15, 0.2) is 0 Å². The minimum Gasteiger partial charge on any atom is -0.469 e. The molecule has 1 atom stereocenters. The molecule has 0 fully saturated rings. The second-order valence-corrected chi connectivity index (χ2v) is 5.37. The minimum absolute atomic E-state index is 0. The number of benzene rings is 1. The summed E-state index contributed by atoms with van der Waals surface area (Å²) in [6.45, 7) is 3.60. The van der Waals surface area contributed by atoms with Gasteiger partial charge >= 0.3 is 5.97 Å². The molecule has 1 aromatic rings. The molecule has 3 nitrogen and oxygen atoms in total. The molecule has 0 heterocycles. The SMILES string of the molecule is COC(=O)C(C)(C)[C@H](N)c1ccccc1I.Cl. The number of nitrogens with two attached hydrogens (primary N) is 1. The van der Waals surface area contributed by atoms with Gasteiger partial charge in [0.05, 0.1) is 12.5 Å². The van der Waals surface area contributed by atoms with Crippen LogP contribution in [0.3, 0.4) is 0 Å². The van der Waals surface area contributed by atoms with Crippen LogP contribution in [0.15, 0.2) is 24.3 Å². The first-order valence-electron chi connectivity index (χ1n) is 4.99. The molecular formula is C12H17ClINO2. The molecule has 0 bridgehead atoms. The molecule has 0 spiro atoms. The molecule has 0 saturated heterocycles. The van der Waals surface area contributed by atoms with Crippen molar-refractivity contribution in [3.05, 3.63) is 33.4 Å². The second-order valence-electron chi connectivity index (χ2n) is 4.21. The average Bonchev–Trinajstić information content (AvgIpc) is 2.27. The summed E-state index contributed by atoms with van der Waals surface area (Å²) >= 11 is 2.22. The number of carbonyl (C=O) groups excluding carboxylic acids is 1. The van der Waals surface area contributed by atoms with E-state index in [1.165, 1.54) is 7.11 Å². The maximum absolute atomic E-state index is 11.7. The number of halogens is 2. The summed E-state index contributed by atoms with van der Waals surface area (Å²) in [4.78, 5) is 11.7. The fourth-order valence-electron chi connectivity index (χ4n) is 1.51. The molecule has 0 radical (unpaired) electrons. The molecular weight excluding hydrogens is 352 g/mol. The summed E-state index contributed by atoms with van der Waals surface area (Å²) < 4.78 is 5.84. The monoisotopic (exact) mass is 369 g/mol. The van der Waals surface area contributed by atoms with Crippen LogP contribution in [0.5, 0.6) is 0 Å². The van der Waals surface area contributed by atoms with Crippen molar-refractivity contribution < 1.29 is 9.53 Å². The van der Waals surface area contributed by atoms with Crippen LogP contribution >= 0.6 is 35.0 Å².